The van der Waals surface area contributed by atoms with Crippen molar-refractivity contribution < 1.29 is 23.1 Å². The molecule has 4 nitrogen and oxygen atoms in total. The summed E-state index contributed by atoms with van der Waals surface area (Å²) in [5.41, 5.74) is -0.918. The van der Waals surface area contributed by atoms with Crippen molar-refractivity contribution in [2.45, 2.75) is 19.0 Å². The molecule has 1 saturated heterocycles. The second-order valence-electron chi connectivity index (χ2n) is 4.65. The predicted molar refractivity (Wildman–Crippen MR) is 66.8 cm³/mol. The van der Waals surface area contributed by atoms with Gasteiger partial charge in [0.2, 0.25) is 0 Å². The largest absolute Gasteiger partial charge is 0.481 e. The average molecular weight is 309 g/mol. The van der Waals surface area contributed by atoms with Crippen LogP contribution in [-0.4, -0.2) is 29.1 Å². The molecule has 0 aromatic carbocycles. The maximum absolute atomic E-state index is 12.5. The maximum atomic E-state index is 12.5. The molecule has 1 fully saturated rings. The Hall–Kier alpha value is -1.50. The fourth-order valence-corrected chi connectivity index (χ4v) is 2.48. The lowest BCUT2D eigenvalue weighted by Gasteiger charge is -2.32. The molecule has 1 N–H and O–H groups in total. The topological polar surface area (TPSA) is 53.4 Å². The average Bonchev–Trinajstić information content (AvgIpc) is 2.37. The Balaban J connectivity index is 2.23. The summed E-state index contributed by atoms with van der Waals surface area (Å²) in [5.74, 6) is -1.27. The van der Waals surface area contributed by atoms with E-state index >= 15 is 0 Å². The molecule has 2 rings (SSSR count). The Morgan fingerprint density at radius 2 is 2.20 bits per heavy atom. The van der Waals surface area contributed by atoms with Crippen molar-refractivity contribution in [3.05, 3.63) is 22.8 Å². The van der Waals surface area contributed by atoms with E-state index in [1.54, 1.807) is 4.90 Å². The molecule has 8 heteroatoms. The van der Waals surface area contributed by atoms with Crippen LogP contribution in [0.2, 0.25) is 5.02 Å². The minimum absolute atomic E-state index is 0.120. The summed E-state index contributed by atoms with van der Waals surface area (Å²) in [7, 11) is 0. The molecule has 0 bridgehead atoms. The molecule has 0 saturated carbocycles. The first kappa shape index (κ1) is 14.9. The fraction of sp³-hybridized carbons (Fsp3) is 0.500. The Labute approximate surface area is 118 Å². The van der Waals surface area contributed by atoms with Crippen LogP contribution in [0.15, 0.2) is 12.3 Å². The molecule has 1 aliphatic rings. The molecule has 0 radical (unpaired) electrons. The molecule has 0 aliphatic carbocycles. The van der Waals surface area contributed by atoms with Crippen LogP contribution in [0.4, 0.5) is 19.0 Å². The molecule has 1 aliphatic heterocycles. The first-order valence-electron chi connectivity index (χ1n) is 5.99. The predicted octanol–water partition coefficient (Wildman–Crippen LogP) is 3.05. The van der Waals surface area contributed by atoms with Crippen molar-refractivity contribution in [3.63, 3.8) is 0 Å². The summed E-state index contributed by atoms with van der Waals surface area (Å²) in [6, 6.07) is 0.814. The van der Waals surface area contributed by atoms with Crippen molar-refractivity contribution in [2.24, 2.45) is 5.92 Å². The second kappa shape index (κ2) is 5.47. The summed E-state index contributed by atoms with van der Waals surface area (Å²) in [5, 5.41) is 8.87. The normalized spacial score (nSPS) is 20.0. The van der Waals surface area contributed by atoms with E-state index in [4.69, 9.17) is 16.7 Å². The van der Waals surface area contributed by atoms with Gasteiger partial charge in [0.05, 0.1) is 16.5 Å². The van der Waals surface area contributed by atoms with Gasteiger partial charge >= 0.3 is 12.1 Å². The van der Waals surface area contributed by atoms with Crippen molar-refractivity contribution in [1.29, 1.82) is 0 Å². The molecule has 20 heavy (non-hydrogen) atoms. The third kappa shape index (κ3) is 3.15. The number of carboxylic acids is 1. The standard InChI is InChI=1S/C12H12ClF3N2O2/c13-9-4-8(12(14,15)16)5-17-10(9)18-3-1-2-7(6-18)11(19)20/h4-5,7H,1-3,6H2,(H,19,20). The summed E-state index contributed by atoms with van der Waals surface area (Å²) < 4.78 is 37.6. The SMILES string of the molecule is O=C(O)C1CCCN(c2ncc(C(F)(F)F)cc2Cl)C1. The fourth-order valence-electron chi connectivity index (χ4n) is 2.19. The number of aliphatic carboxylic acids is 1. The van der Waals surface area contributed by atoms with E-state index in [1.165, 1.54) is 0 Å². The highest BCUT2D eigenvalue weighted by molar-refractivity contribution is 6.33. The summed E-state index contributed by atoms with van der Waals surface area (Å²) >= 11 is 5.84. The van der Waals surface area contributed by atoms with Gasteiger partial charge in [0.1, 0.15) is 5.82 Å². The first-order valence-corrected chi connectivity index (χ1v) is 6.37. The van der Waals surface area contributed by atoms with Crippen molar-refractivity contribution in [1.82, 2.24) is 4.98 Å². The molecule has 2 heterocycles. The van der Waals surface area contributed by atoms with Crippen LogP contribution in [0.25, 0.3) is 0 Å². The van der Waals surface area contributed by atoms with Gasteiger partial charge in [-0.25, -0.2) is 4.98 Å². The quantitative estimate of drug-likeness (QED) is 0.912. The second-order valence-corrected chi connectivity index (χ2v) is 5.06. The molecule has 1 aromatic heterocycles. The monoisotopic (exact) mass is 308 g/mol. The van der Waals surface area contributed by atoms with Crippen LogP contribution >= 0.6 is 11.6 Å². The van der Waals surface area contributed by atoms with Gasteiger partial charge in [-0.2, -0.15) is 13.2 Å². The van der Waals surface area contributed by atoms with E-state index in [1.807, 2.05) is 0 Å². The smallest absolute Gasteiger partial charge is 0.417 e. The Morgan fingerprint density at radius 1 is 1.50 bits per heavy atom. The molecule has 1 unspecified atom stereocenters. The van der Waals surface area contributed by atoms with E-state index in [0.717, 1.165) is 6.07 Å². The van der Waals surface area contributed by atoms with E-state index in [-0.39, 0.29) is 17.4 Å². The lowest BCUT2D eigenvalue weighted by Crippen LogP contribution is -2.39. The zero-order valence-electron chi connectivity index (χ0n) is 10.3. The lowest BCUT2D eigenvalue weighted by molar-refractivity contribution is -0.142. The highest BCUT2D eigenvalue weighted by atomic mass is 35.5. The maximum Gasteiger partial charge on any atom is 0.417 e. The molecular weight excluding hydrogens is 297 g/mol. The van der Waals surface area contributed by atoms with Gasteiger partial charge < -0.3 is 10.0 Å². The molecule has 0 spiro atoms. The zero-order valence-corrected chi connectivity index (χ0v) is 11.1. The highest BCUT2D eigenvalue weighted by Crippen LogP contribution is 2.34. The van der Waals surface area contributed by atoms with Crippen molar-refractivity contribution in [2.75, 3.05) is 18.0 Å². The van der Waals surface area contributed by atoms with Gasteiger partial charge in [0, 0.05) is 19.3 Å². The third-order valence-corrected chi connectivity index (χ3v) is 3.50. The number of carboxylic acid groups (broad SMARTS) is 1. The zero-order chi connectivity index (χ0) is 14.9. The lowest BCUT2D eigenvalue weighted by atomic mass is 9.98. The summed E-state index contributed by atoms with van der Waals surface area (Å²) in [4.78, 5) is 16.3. The van der Waals surface area contributed by atoms with Gasteiger partial charge in [-0.05, 0) is 18.9 Å². The van der Waals surface area contributed by atoms with E-state index in [9.17, 15) is 18.0 Å². The number of hydrogen-bond acceptors (Lipinski definition) is 3. The van der Waals surface area contributed by atoms with Crippen molar-refractivity contribution >= 4 is 23.4 Å². The molecular formula is C12H12ClF3N2O2. The van der Waals surface area contributed by atoms with Gasteiger partial charge in [0.25, 0.3) is 0 Å². The minimum atomic E-state index is -4.50. The Bertz CT molecular complexity index is 522. The molecule has 1 atom stereocenters. The van der Waals surface area contributed by atoms with E-state index in [0.29, 0.717) is 25.6 Å². The van der Waals surface area contributed by atoms with Crippen LogP contribution in [0, 0.1) is 5.92 Å². The molecule has 1 aromatic rings. The van der Waals surface area contributed by atoms with Gasteiger partial charge in [-0.15, -0.1) is 0 Å². The van der Waals surface area contributed by atoms with Gasteiger partial charge in [-0.3, -0.25) is 4.79 Å². The number of carbonyl (C=O) groups is 1. The van der Waals surface area contributed by atoms with E-state index < -0.39 is 23.6 Å². The number of piperidine rings is 1. The van der Waals surface area contributed by atoms with Gasteiger partial charge in [0.15, 0.2) is 0 Å². The minimum Gasteiger partial charge on any atom is -0.481 e. The molecule has 110 valence electrons. The van der Waals surface area contributed by atoms with Crippen molar-refractivity contribution in [3.8, 4) is 0 Å². The number of aromatic nitrogens is 1. The van der Waals surface area contributed by atoms with Crippen LogP contribution in [0.3, 0.4) is 0 Å². The van der Waals surface area contributed by atoms with Crippen LogP contribution in [0.5, 0.6) is 0 Å². The van der Waals surface area contributed by atoms with Gasteiger partial charge in [-0.1, -0.05) is 11.6 Å². The number of halogens is 4. The molecule has 0 amide bonds. The number of hydrogen-bond donors (Lipinski definition) is 1. The Morgan fingerprint density at radius 3 is 2.75 bits per heavy atom. The Kier molecular flexibility index (Phi) is 4.08. The number of nitrogens with zero attached hydrogens (tertiary/aromatic N) is 2. The summed E-state index contributed by atoms with van der Waals surface area (Å²) in [6.07, 6.45) is -2.60. The number of pyridine rings is 1. The van der Waals surface area contributed by atoms with E-state index in [2.05, 4.69) is 4.98 Å². The number of anilines is 1. The third-order valence-electron chi connectivity index (χ3n) is 3.22. The van der Waals surface area contributed by atoms with Crippen LogP contribution in [0.1, 0.15) is 18.4 Å². The number of rotatable bonds is 2. The van der Waals surface area contributed by atoms with Crippen LogP contribution < -0.4 is 4.90 Å². The number of alkyl halides is 3. The first-order chi connectivity index (χ1) is 9.29. The highest BCUT2D eigenvalue weighted by Gasteiger charge is 2.33. The summed E-state index contributed by atoms with van der Waals surface area (Å²) in [6.45, 7) is 0.731. The van der Waals surface area contributed by atoms with Crippen LogP contribution in [-0.2, 0) is 11.0 Å².